The second-order valence-electron chi connectivity index (χ2n) is 5.31. The van der Waals surface area contributed by atoms with Crippen LogP contribution < -0.4 is 14.8 Å². The van der Waals surface area contributed by atoms with Gasteiger partial charge in [0.2, 0.25) is 5.13 Å². The van der Waals surface area contributed by atoms with Crippen LogP contribution in [0.3, 0.4) is 0 Å². The van der Waals surface area contributed by atoms with Gasteiger partial charge in [0.05, 0.1) is 13.2 Å². The molecular formula is C17H16N4O2S. The summed E-state index contributed by atoms with van der Waals surface area (Å²) in [5.74, 6) is 1.61. The fourth-order valence-electron chi connectivity index (χ4n) is 2.38. The van der Waals surface area contributed by atoms with E-state index in [1.807, 2.05) is 36.4 Å². The van der Waals surface area contributed by atoms with E-state index in [2.05, 4.69) is 20.5 Å². The van der Waals surface area contributed by atoms with Crippen molar-refractivity contribution >= 4 is 16.5 Å². The zero-order chi connectivity index (χ0) is 16.2. The molecule has 0 saturated heterocycles. The minimum atomic E-state index is 0.646. The van der Waals surface area contributed by atoms with Crippen LogP contribution in [0, 0.1) is 0 Å². The minimum Gasteiger partial charge on any atom is -0.490 e. The van der Waals surface area contributed by atoms with Gasteiger partial charge in [0, 0.05) is 19.2 Å². The number of nitrogens with zero attached hydrogens (tertiary/aromatic N) is 3. The number of hydrogen-bond donors (Lipinski definition) is 1. The van der Waals surface area contributed by atoms with Crippen molar-refractivity contribution in [3.05, 3.63) is 48.2 Å². The first-order chi connectivity index (χ1) is 11.9. The number of ether oxygens (including phenoxy) is 2. The average molecular weight is 340 g/mol. The summed E-state index contributed by atoms with van der Waals surface area (Å²) in [5.41, 5.74) is 1.94. The lowest BCUT2D eigenvalue weighted by atomic mass is 10.2. The maximum absolute atomic E-state index is 5.72. The highest BCUT2D eigenvalue weighted by molar-refractivity contribution is 7.18. The maximum atomic E-state index is 5.72. The molecule has 0 fully saturated rings. The van der Waals surface area contributed by atoms with Crippen molar-refractivity contribution in [2.45, 2.75) is 13.0 Å². The molecule has 0 radical (unpaired) electrons. The summed E-state index contributed by atoms with van der Waals surface area (Å²) in [6.45, 7) is 2.03. The van der Waals surface area contributed by atoms with Crippen LogP contribution in [0.1, 0.15) is 12.0 Å². The Labute approximate surface area is 143 Å². The van der Waals surface area contributed by atoms with Crippen LogP contribution in [-0.4, -0.2) is 28.4 Å². The van der Waals surface area contributed by atoms with Gasteiger partial charge in [-0.2, -0.15) is 0 Å². The van der Waals surface area contributed by atoms with Gasteiger partial charge in [-0.3, -0.25) is 4.98 Å². The Bertz CT molecular complexity index is 822. The Morgan fingerprint density at radius 3 is 2.83 bits per heavy atom. The molecule has 0 atom stereocenters. The molecule has 1 aliphatic heterocycles. The molecule has 2 aromatic heterocycles. The van der Waals surface area contributed by atoms with Crippen molar-refractivity contribution in [3.8, 4) is 22.2 Å². The molecule has 0 bridgehead atoms. The molecule has 7 heteroatoms. The number of pyridine rings is 1. The summed E-state index contributed by atoms with van der Waals surface area (Å²) in [7, 11) is 0. The first-order valence-electron chi connectivity index (χ1n) is 7.76. The smallest absolute Gasteiger partial charge is 0.206 e. The van der Waals surface area contributed by atoms with E-state index in [1.165, 1.54) is 11.3 Å². The number of rotatable bonds is 4. The van der Waals surface area contributed by atoms with Crippen molar-refractivity contribution in [2.75, 3.05) is 18.5 Å². The van der Waals surface area contributed by atoms with Crippen molar-refractivity contribution in [1.29, 1.82) is 0 Å². The van der Waals surface area contributed by atoms with E-state index < -0.39 is 0 Å². The Hall–Kier alpha value is -2.67. The van der Waals surface area contributed by atoms with E-state index >= 15 is 0 Å². The quantitative estimate of drug-likeness (QED) is 0.785. The molecule has 24 heavy (non-hydrogen) atoms. The number of aromatic nitrogens is 3. The molecule has 0 amide bonds. The SMILES string of the molecule is c1ccc(-c2nnc(NCc3ccc4c(c3)OCCCO4)s2)nc1. The average Bonchev–Trinajstić information content (AvgIpc) is 2.98. The summed E-state index contributed by atoms with van der Waals surface area (Å²) in [6.07, 6.45) is 2.66. The predicted molar refractivity (Wildman–Crippen MR) is 92.5 cm³/mol. The van der Waals surface area contributed by atoms with Gasteiger partial charge in [0.1, 0.15) is 5.69 Å². The van der Waals surface area contributed by atoms with Gasteiger partial charge < -0.3 is 14.8 Å². The molecular weight excluding hydrogens is 324 g/mol. The molecule has 0 spiro atoms. The van der Waals surface area contributed by atoms with Crippen LogP contribution in [0.5, 0.6) is 11.5 Å². The Morgan fingerprint density at radius 2 is 1.96 bits per heavy atom. The zero-order valence-corrected chi connectivity index (χ0v) is 13.8. The molecule has 6 nitrogen and oxygen atoms in total. The summed E-state index contributed by atoms with van der Waals surface area (Å²) in [5, 5.41) is 13.2. The largest absolute Gasteiger partial charge is 0.490 e. The summed E-state index contributed by atoms with van der Waals surface area (Å²) in [6, 6.07) is 11.7. The Kier molecular flexibility index (Phi) is 4.24. The topological polar surface area (TPSA) is 69.2 Å². The van der Waals surface area contributed by atoms with Gasteiger partial charge in [0.25, 0.3) is 0 Å². The number of fused-ring (bicyclic) bond motifs is 1. The molecule has 3 heterocycles. The lowest BCUT2D eigenvalue weighted by molar-refractivity contribution is 0.297. The molecule has 0 unspecified atom stereocenters. The number of hydrogen-bond acceptors (Lipinski definition) is 7. The molecule has 1 aliphatic rings. The standard InChI is InChI=1S/C17H16N4O2S/c1-2-7-18-13(4-1)16-20-21-17(24-16)19-11-12-5-6-14-15(10-12)23-9-3-8-22-14/h1-2,4-7,10H,3,8-9,11H2,(H,19,21). The highest BCUT2D eigenvalue weighted by atomic mass is 32.1. The third kappa shape index (κ3) is 3.30. The third-order valence-electron chi connectivity index (χ3n) is 3.56. The Morgan fingerprint density at radius 1 is 1.04 bits per heavy atom. The van der Waals surface area contributed by atoms with Crippen LogP contribution in [0.4, 0.5) is 5.13 Å². The van der Waals surface area contributed by atoms with E-state index in [1.54, 1.807) is 6.20 Å². The van der Waals surface area contributed by atoms with E-state index in [0.29, 0.717) is 19.8 Å². The first kappa shape index (κ1) is 14.9. The van der Waals surface area contributed by atoms with E-state index in [0.717, 1.165) is 39.3 Å². The summed E-state index contributed by atoms with van der Waals surface area (Å²) in [4.78, 5) is 4.29. The zero-order valence-electron chi connectivity index (χ0n) is 12.9. The summed E-state index contributed by atoms with van der Waals surface area (Å²) >= 11 is 1.49. The number of nitrogens with one attached hydrogen (secondary N) is 1. The molecule has 3 aromatic rings. The van der Waals surface area contributed by atoms with Gasteiger partial charge in [-0.15, -0.1) is 10.2 Å². The molecule has 4 rings (SSSR count). The highest BCUT2D eigenvalue weighted by Crippen LogP contribution is 2.31. The normalized spacial score (nSPS) is 13.3. The van der Waals surface area contributed by atoms with Crippen molar-refractivity contribution in [3.63, 3.8) is 0 Å². The summed E-state index contributed by atoms with van der Waals surface area (Å²) < 4.78 is 11.4. The lowest BCUT2D eigenvalue weighted by Gasteiger charge is -2.09. The molecule has 0 aliphatic carbocycles. The van der Waals surface area contributed by atoms with Crippen LogP contribution in [0.25, 0.3) is 10.7 Å². The molecule has 0 saturated carbocycles. The van der Waals surface area contributed by atoms with Crippen molar-refractivity contribution in [2.24, 2.45) is 0 Å². The van der Waals surface area contributed by atoms with E-state index in [4.69, 9.17) is 9.47 Å². The van der Waals surface area contributed by atoms with Crippen LogP contribution in [0.2, 0.25) is 0 Å². The second-order valence-corrected chi connectivity index (χ2v) is 6.29. The Balaban J connectivity index is 1.44. The van der Waals surface area contributed by atoms with Crippen LogP contribution >= 0.6 is 11.3 Å². The first-order valence-corrected chi connectivity index (χ1v) is 8.57. The maximum Gasteiger partial charge on any atom is 0.206 e. The van der Waals surface area contributed by atoms with E-state index in [-0.39, 0.29) is 0 Å². The number of anilines is 1. The van der Waals surface area contributed by atoms with Gasteiger partial charge >= 0.3 is 0 Å². The number of benzene rings is 1. The van der Waals surface area contributed by atoms with Crippen LogP contribution in [0.15, 0.2) is 42.6 Å². The van der Waals surface area contributed by atoms with Gasteiger partial charge in [-0.25, -0.2) is 0 Å². The molecule has 122 valence electrons. The van der Waals surface area contributed by atoms with Gasteiger partial charge in [-0.05, 0) is 29.8 Å². The lowest BCUT2D eigenvalue weighted by Crippen LogP contribution is -2.00. The molecule has 1 aromatic carbocycles. The van der Waals surface area contributed by atoms with E-state index in [9.17, 15) is 0 Å². The predicted octanol–water partition coefficient (Wildman–Crippen LogP) is 3.37. The fourth-order valence-corrected chi connectivity index (χ4v) is 3.10. The third-order valence-corrected chi connectivity index (χ3v) is 4.47. The second kappa shape index (κ2) is 6.84. The van der Waals surface area contributed by atoms with Crippen LogP contribution in [-0.2, 0) is 6.54 Å². The van der Waals surface area contributed by atoms with Gasteiger partial charge in [-0.1, -0.05) is 23.5 Å². The van der Waals surface area contributed by atoms with Crippen molar-refractivity contribution < 1.29 is 9.47 Å². The monoisotopic (exact) mass is 340 g/mol. The minimum absolute atomic E-state index is 0.646. The fraction of sp³-hybridized carbons (Fsp3) is 0.235. The van der Waals surface area contributed by atoms with Gasteiger partial charge in [0.15, 0.2) is 16.5 Å². The molecule has 1 N–H and O–H groups in total. The van der Waals surface area contributed by atoms with Crippen molar-refractivity contribution in [1.82, 2.24) is 15.2 Å². The highest BCUT2D eigenvalue weighted by Gasteiger charge is 2.11.